The molecular formula is C10H15N2O8P. The normalized spacial score (nSPS) is 29.8. The summed E-state index contributed by atoms with van der Waals surface area (Å²) in [5, 5.41) is 28.1. The molecule has 0 aromatic carbocycles. The van der Waals surface area contributed by atoms with Crippen LogP contribution in [-0.2, 0) is 9.30 Å². The molecule has 2 heterocycles. The van der Waals surface area contributed by atoms with E-state index in [-0.39, 0.29) is 11.3 Å². The van der Waals surface area contributed by atoms with Crippen molar-refractivity contribution in [2.24, 2.45) is 5.73 Å². The molecular weight excluding hydrogens is 307 g/mol. The first kappa shape index (κ1) is 16.1. The molecule has 1 saturated heterocycles. The molecule has 1 fully saturated rings. The minimum atomic E-state index is -4.78. The Bertz CT molecular complexity index is 596. The van der Waals surface area contributed by atoms with Crippen molar-refractivity contribution in [3.8, 4) is 0 Å². The van der Waals surface area contributed by atoms with Crippen molar-refractivity contribution in [3.05, 3.63) is 17.5 Å². The first-order valence-electron chi connectivity index (χ1n) is 5.88. The van der Waals surface area contributed by atoms with Crippen LogP contribution in [0, 0.1) is 0 Å². The van der Waals surface area contributed by atoms with E-state index in [2.05, 4.69) is 4.98 Å². The summed E-state index contributed by atoms with van der Waals surface area (Å²) in [6.07, 6.45) is -4.72. The Labute approximate surface area is 118 Å². The van der Waals surface area contributed by atoms with Crippen molar-refractivity contribution < 1.29 is 39.2 Å². The Morgan fingerprint density at radius 2 is 2.00 bits per heavy atom. The second-order valence-electron chi connectivity index (χ2n) is 4.63. The fourth-order valence-corrected chi connectivity index (χ4v) is 3.08. The van der Waals surface area contributed by atoms with Gasteiger partial charge in [-0.15, -0.1) is 0 Å². The van der Waals surface area contributed by atoms with E-state index in [4.69, 9.17) is 15.6 Å². The average molecular weight is 322 g/mol. The summed E-state index contributed by atoms with van der Waals surface area (Å²) < 4.78 is 16.6. The Kier molecular flexibility index (Phi) is 4.22. The number of nitrogens with two attached hydrogens (primary N) is 1. The monoisotopic (exact) mass is 322 g/mol. The predicted octanol–water partition coefficient (Wildman–Crippen LogP) is -2.93. The van der Waals surface area contributed by atoms with Crippen molar-refractivity contribution in [2.45, 2.75) is 24.4 Å². The molecule has 1 unspecified atom stereocenters. The molecule has 0 aliphatic carbocycles. The second kappa shape index (κ2) is 5.50. The number of primary amides is 1. The quantitative estimate of drug-likeness (QED) is 0.287. The maximum absolute atomic E-state index is 11.5. The summed E-state index contributed by atoms with van der Waals surface area (Å²) in [5.74, 6) is -1.01. The molecule has 1 aromatic rings. The summed E-state index contributed by atoms with van der Waals surface area (Å²) in [5.41, 5.74) is 4.45. The highest BCUT2D eigenvalue weighted by molar-refractivity contribution is 7.60. The van der Waals surface area contributed by atoms with Crippen LogP contribution >= 0.6 is 7.60 Å². The molecule has 2 rings (SSSR count). The van der Waals surface area contributed by atoms with E-state index in [1.54, 1.807) is 0 Å². The highest BCUT2D eigenvalue weighted by atomic mass is 31.2. The van der Waals surface area contributed by atoms with E-state index in [0.29, 0.717) is 0 Å². The number of hydrogen-bond acceptors (Lipinski definition) is 6. The Morgan fingerprint density at radius 1 is 1.38 bits per heavy atom. The van der Waals surface area contributed by atoms with Crippen molar-refractivity contribution in [1.29, 1.82) is 0 Å². The van der Waals surface area contributed by atoms with Crippen molar-refractivity contribution >= 4 is 18.8 Å². The van der Waals surface area contributed by atoms with Crippen LogP contribution in [0.3, 0.4) is 0 Å². The van der Waals surface area contributed by atoms with Gasteiger partial charge in [-0.3, -0.25) is 9.36 Å². The van der Waals surface area contributed by atoms with Gasteiger partial charge < -0.3 is 40.6 Å². The number of aromatic nitrogens is 1. The van der Waals surface area contributed by atoms with Gasteiger partial charge in [-0.1, -0.05) is 0 Å². The van der Waals surface area contributed by atoms with Gasteiger partial charge in [-0.2, -0.15) is 0 Å². The van der Waals surface area contributed by atoms with Gasteiger partial charge in [0, 0.05) is 11.8 Å². The zero-order valence-corrected chi connectivity index (χ0v) is 11.5. The lowest BCUT2D eigenvalue weighted by Gasteiger charge is -2.17. The molecule has 1 aliphatic heterocycles. The van der Waals surface area contributed by atoms with E-state index >= 15 is 0 Å². The molecule has 118 valence electrons. The molecule has 0 bridgehead atoms. The highest BCUT2D eigenvalue weighted by Crippen LogP contribution is 2.42. The Morgan fingerprint density at radius 3 is 2.43 bits per heavy atom. The predicted molar refractivity (Wildman–Crippen MR) is 67.7 cm³/mol. The number of aliphatic hydroxyl groups is 3. The standard InChI is InChI=1S/C10H15N2O8P/c11-10(16)6-5(4(1-12-6)21(17,18)19)9-8(15)7(14)3(2-13)20-9/h1,3,7-9,12-15H,2H2,(H2,11,16)(H2,17,18,19)/t3-,7-,8-,9?/m1/s1. The zero-order valence-electron chi connectivity index (χ0n) is 10.6. The SMILES string of the molecule is NC(=O)c1[nH]cc(P(=O)(O)O)c1C1O[C@H](CO)[C@@H](O)[C@H]1O. The third kappa shape index (κ3) is 2.74. The first-order valence-corrected chi connectivity index (χ1v) is 7.49. The molecule has 1 amide bonds. The fourth-order valence-electron chi connectivity index (χ4n) is 2.30. The molecule has 0 saturated carbocycles. The van der Waals surface area contributed by atoms with Crippen molar-refractivity contribution in [1.82, 2.24) is 4.98 Å². The Balaban J connectivity index is 2.55. The van der Waals surface area contributed by atoms with E-state index in [1.165, 1.54) is 0 Å². The minimum Gasteiger partial charge on any atom is -0.394 e. The molecule has 10 nitrogen and oxygen atoms in total. The smallest absolute Gasteiger partial charge is 0.358 e. The summed E-state index contributed by atoms with van der Waals surface area (Å²) >= 11 is 0. The molecule has 0 radical (unpaired) electrons. The maximum atomic E-state index is 11.5. The molecule has 1 aliphatic rings. The van der Waals surface area contributed by atoms with Gasteiger partial charge in [0.05, 0.1) is 11.9 Å². The van der Waals surface area contributed by atoms with Crippen molar-refractivity contribution in [2.75, 3.05) is 6.61 Å². The molecule has 0 spiro atoms. The van der Waals surface area contributed by atoms with E-state index in [0.717, 1.165) is 6.20 Å². The summed E-state index contributed by atoms with van der Waals surface area (Å²) in [4.78, 5) is 32.3. The van der Waals surface area contributed by atoms with Gasteiger partial charge in [-0.25, -0.2) is 0 Å². The number of rotatable bonds is 4. The molecule has 21 heavy (non-hydrogen) atoms. The van der Waals surface area contributed by atoms with Crippen LogP contribution in [0.2, 0.25) is 0 Å². The molecule has 4 atom stereocenters. The van der Waals surface area contributed by atoms with Crippen LogP contribution in [0.25, 0.3) is 0 Å². The van der Waals surface area contributed by atoms with E-state index in [1.807, 2.05) is 0 Å². The van der Waals surface area contributed by atoms with Crippen LogP contribution in [0.4, 0.5) is 0 Å². The van der Waals surface area contributed by atoms with E-state index in [9.17, 15) is 29.4 Å². The lowest BCUT2D eigenvalue weighted by molar-refractivity contribution is -0.0226. The number of ether oxygens (including phenoxy) is 1. The number of aliphatic hydroxyl groups excluding tert-OH is 3. The first-order chi connectivity index (χ1) is 9.68. The minimum absolute atomic E-state index is 0.321. The summed E-state index contributed by atoms with van der Waals surface area (Å²) in [6, 6.07) is 0. The molecule has 1 aromatic heterocycles. The van der Waals surface area contributed by atoms with Crippen LogP contribution in [0.1, 0.15) is 22.2 Å². The van der Waals surface area contributed by atoms with Crippen LogP contribution in [-0.4, -0.2) is 60.9 Å². The van der Waals surface area contributed by atoms with Gasteiger partial charge >= 0.3 is 7.60 Å². The lowest BCUT2D eigenvalue weighted by atomic mass is 10.0. The van der Waals surface area contributed by atoms with Gasteiger partial charge in [0.25, 0.3) is 5.91 Å². The Hall–Kier alpha value is -1.26. The van der Waals surface area contributed by atoms with E-state index < -0.39 is 49.8 Å². The third-order valence-corrected chi connectivity index (χ3v) is 4.28. The number of amides is 1. The van der Waals surface area contributed by atoms with Gasteiger partial charge in [-0.05, 0) is 0 Å². The number of hydrogen-bond donors (Lipinski definition) is 7. The van der Waals surface area contributed by atoms with Crippen LogP contribution in [0.5, 0.6) is 0 Å². The third-order valence-electron chi connectivity index (χ3n) is 3.29. The van der Waals surface area contributed by atoms with Gasteiger partial charge in [0.2, 0.25) is 0 Å². The number of H-pyrrole nitrogens is 1. The number of carbonyl (C=O) groups excluding carboxylic acids is 1. The maximum Gasteiger partial charge on any atom is 0.358 e. The summed E-state index contributed by atoms with van der Waals surface area (Å²) in [6.45, 7) is -0.615. The summed E-state index contributed by atoms with van der Waals surface area (Å²) in [7, 11) is -4.78. The van der Waals surface area contributed by atoms with Gasteiger partial charge in [0.1, 0.15) is 30.1 Å². The largest absolute Gasteiger partial charge is 0.394 e. The van der Waals surface area contributed by atoms with Gasteiger partial charge in [0.15, 0.2) is 0 Å². The zero-order chi connectivity index (χ0) is 15.9. The number of carbonyl (C=O) groups is 1. The second-order valence-corrected chi connectivity index (χ2v) is 6.20. The highest BCUT2D eigenvalue weighted by Gasteiger charge is 2.47. The van der Waals surface area contributed by atoms with Crippen LogP contribution < -0.4 is 11.0 Å². The number of aromatic amines is 1. The molecule has 8 N–H and O–H groups in total. The lowest BCUT2D eigenvalue weighted by Crippen LogP contribution is -2.33. The number of nitrogens with one attached hydrogen (secondary N) is 1. The molecule has 11 heteroatoms. The fraction of sp³-hybridized carbons (Fsp3) is 0.500. The van der Waals surface area contributed by atoms with Crippen molar-refractivity contribution in [3.63, 3.8) is 0 Å². The average Bonchev–Trinajstić information content (AvgIpc) is 2.92. The topological polar surface area (TPSA) is 186 Å². The van der Waals surface area contributed by atoms with Crippen LogP contribution in [0.15, 0.2) is 6.20 Å².